The predicted molar refractivity (Wildman–Crippen MR) is 120 cm³/mol. The van der Waals surface area contributed by atoms with E-state index in [1.54, 1.807) is 19.2 Å². The van der Waals surface area contributed by atoms with Crippen LogP contribution in [0.1, 0.15) is 24.8 Å². The topological polar surface area (TPSA) is 115 Å². The summed E-state index contributed by atoms with van der Waals surface area (Å²) in [5.74, 6) is 1.32. The molecule has 2 rings (SSSR count). The normalized spacial score (nSPS) is 15.7. The summed E-state index contributed by atoms with van der Waals surface area (Å²) in [5.41, 5.74) is 0.935. The summed E-state index contributed by atoms with van der Waals surface area (Å²) in [6, 6.07) is 6.45. The summed E-state index contributed by atoms with van der Waals surface area (Å²) in [6.45, 7) is 4.52. The van der Waals surface area contributed by atoms with Gasteiger partial charge in [-0.2, -0.15) is 0 Å². The summed E-state index contributed by atoms with van der Waals surface area (Å²) in [5, 5.41) is 11.5. The molecule has 0 radical (unpaired) electrons. The molecule has 8 nitrogen and oxygen atoms in total. The first-order valence-electron chi connectivity index (χ1n) is 9.21. The number of guanidine groups is 1. The van der Waals surface area contributed by atoms with Gasteiger partial charge in [0.25, 0.3) is 0 Å². The highest BCUT2D eigenvalue weighted by Crippen LogP contribution is 2.14. The lowest BCUT2D eigenvalue weighted by Gasteiger charge is -2.21. The number of sulfonamides is 1. The molecule has 28 heavy (non-hydrogen) atoms. The van der Waals surface area contributed by atoms with Gasteiger partial charge in [0, 0.05) is 46.6 Å². The van der Waals surface area contributed by atoms with Gasteiger partial charge >= 0.3 is 0 Å². The molecule has 1 aromatic carbocycles. The van der Waals surface area contributed by atoms with E-state index in [0.717, 1.165) is 57.8 Å². The third kappa shape index (κ3) is 9.50. The number of hydrogen-bond donors (Lipinski definition) is 3. The molecule has 1 saturated heterocycles. The molecular formula is C18H31IN4O4S. The highest BCUT2D eigenvalue weighted by atomic mass is 127. The van der Waals surface area contributed by atoms with E-state index in [4.69, 9.17) is 14.6 Å². The standard InChI is InChI=1S/C18H30N4O4S.HI/c1-20-18(21-9-2-10-26-14-16-7-11-25-12-8-16)22-13-15-3-5-17(6-4-15)27(19,23)24;/h3-6,16H,2,7-14H2,1H3,(H2,19,23,24)(H2,20,21,22);1H. The Hall–Kier alpha value is -0.950. The van der Waals surface area contributed by atoms with Crippen molar-refractivity contribution >= 4 is 40.0 Å². The lowest BCUT2D eigenvalue weighted by Crippen LogP contribution is -2.37. The van der Waals surface area contributed by atoms with Crippen LogP contribution in [-0.2, 0) is 26.0 Å². The summed E-state index contributed by atoms with van der Waals surface area (Å²) in [4.78, 5) is 4.28. The lowest BCUT2D eigenvalue weighted by atomic mass is 10.0. The highest BCUT2D eigenvalue weighted by molar-refractivity contribution is 14.0. The fourth-order valence-corrected chi connectivity index (χ4v) is 3.26. The quantitative estimate of drug-likeness (QED) is 0.194. The monoisotopic (exact) mass is 526 g/mol. The summed E-state index contributed by atoms with van der Waals surface area (Å²) in [7, 11) is -1.95. The third-order valence-corrected chi connectivity index (χ3v) is 5.32. The smallest absolute Gasteiger partial charge is 0.238 e. The molecule has 1 aliphatic rings. The summed E-state index contributed by atoms with van der Waals surface area (Å²) < 4.78 is 33.6. The largest absolute Gasteiger partial charge is 0.381 e. The van der Waals surface area contributed by atoms with Crippen LogP contribution in [0.3, 0.4) is 0 Å². The molecule has 0 aromatic heterocycles. The minimum Gasteiger partial charge on any atom is -0.381 e. The second-order valence-corrected chi connectivity index (χ2v) is 8.09. The second kappa shape index (κ2) is 13.3. The number of ether oxygens (including phenoxy) is 2. The number of rotatable bonds is 9. The Balaban J connectivity index is 0.00000392. The van der Waals surface area contributed by atoms with E-state index in [0.29, 0.717) is 18.4 Å². The molecular weight excluding hydrogens is 495 g/mol. The fourth-order valence-electron chi connectivity index (χ4n) is 2.75. The molecule has 1 aromatic rings. The van der Waals surface area contributed by atoms with Crippen molar-refractivity contribution in [2.45, 2.75) is 30.7 Å². The van der Waals surface area contributed by atoms with Gasteiger partial charge in [0.1, 0.15) is 0 Å². The Morgan fingerprint density at radius 3 is 2.54 bits per heavy atom. The summed E-state index contributed by atoms with van der Waals surface area (Å²) >= 11 is 0. The van der Waals surface area contributed by atoms with Gasteiger partial charge in [-0.3, -0.25) is 4.99 Å². The zero-order valence-corrected chi connectivity index (χ0v) is 19.4. The molecule has 0 saturated carbocycles. The minimum absolute atomic E-state index is 0. The van der Waals surface area contributed by atoms with Gasteiger partial charge in [0.15, 0.2) is 5.96 Å². The Bertz CT molecular complexity index is 692. The van der Waals surface area contributed by atoms with Crippen molar-refractivity contribution in [2.24, 2.45) is 16.0 Å². The van der Waals surface area contributed by atoms with Crippen molar-refractivity contribution in [3.8, 4) is 0 Å². The van der Waals surface area contributed by atoms with E-state index in [2.05, 4.69) is 15.6 Å². The first-order chi connectivity index (χ1) is 13.0. The number of nitrogens with two attached hydrogens (primary N) is 1. The molecule has 1 fully saturated rings. The van der Waals surface area contributed by atoms with Crippen LogP contribution in [0.25, 0.3) is 0 Å². The van der Waals surface area contributed by atoms with Crippen LogP contribution in [0.4, 0.5) is 0 Å². The Morgan fingerprint density at radius 1 is 1.25 bits per heavy atom. The van der Waals surface area contributed by atoms with E-state index < -0.39 is 10.0 Å². The van der Waals surface area contributed by atoms with Gasteiger partial charge in [-0.1, -0.05) is 12.1 Å². The third-order valence-electron chi connectivity index (χ3n) is 4.39. The van der Waals surface area contributed by atoms with E-state index in [1.807, 2.05) is 0 Å². The summed E-state index contributed by atoms with van der Waals surface area (Å²) in [6.07, 6.45) is 3.08. The number of aliphatic imine (C=N–C) groups is 1. The van der Waals surface area contributed by atoms with Crippen molar-refractivity contribution in [2.75, 3.05) is 40.0 Å². The number of halogens is 1. The maximum absolute atomic E-state index is 11.3. The molecule has 0 aliphatic carbocycles. The van der Waals surface area contributed by atoms with Crippen LogP contribution in [0, 0.1) is 5.92 Å². The zero-order valence-electron chi connectivity index (χ0n) is 16.2. The molecule has 160 valence electrons. The number of benzene rings is 1. The molecule has 1 heterocycles. The molecule has 0 atom stereocenters. The maximum atomic E-state index is 11.3. The Kier molecular flexibility index (Phi) is 11.9. The minimum atomic E-state index is -3.66. The second-order valence-electron chi connectivity index (χ2n) is 6.53. The first-order valence-corrected chi connectivity index (χ1v) is 10.8. The molecule has 1 aliphatic heterocycles. The van der Waals surface area contributed by atoms with Crippen LogP contribution in [0.2, 0.25) is 0 Å². The number of nitrogens with zero attached hydrogens (tertiary/aromatic N) is 1. The maximum Gasteiger partial charge on any atom is 0.238 e. The van der Waals surface area contributed by atoms with Gasteiger partial charge in [-0.15, -0.1) is 24.0 Å². The van der Waals surface area contributed by atoms with Crippen molar-refractivity contribution in [1.29, 1.82) is 0 Å². The average molecular weight is 526 g/mol. The van der Waals surface area contributed by atoms with Gasteiger partial charge in [-0.05, 0) is 42.9 Å². The SMILES string of the molecule is CN=C(NCCCOCC1CCOCC1)NCc1ccc(S(N)(=O)=O)cc1.I. The predicted octanol–water partition coefficient (Wildman–Crippen LogP) is 1.45. The van der Waals surface area contributed by atoms with Gasteiger partial charge in [-0.25, -0.2) is 13.6 Å². The van der Waals surface area contributed by atoms with Crippen molar-refractivity contribution in [1.82, 2.24) is 10.6 Å². The van der Waals surface area contributed by atoms with Gasteiger partial charge in [0.2, 0.25) is 10.0 Å². The van der Waals surface area contributed by atoms with Crippen LogP contribution >= 0.6 is 24.0 Å². The van der Waals surface area contributed by atoms with E-state index in [-0.39, 0.29) is 28.9 Å². The Labute approximate surface area is 184 Å². The van der Waals surface area contributed by atoms with E-state index in [9.17, 15) is 8.42 Å². The number of nitrogens with one attached hydrogen (secondary N) is 2. The van der Waals surface area contributed by atoms with Crippen molar-refractivity contribution < 1.29 is 17.9 Å². The van der Waals surface area contributed by atoms with Gasteiger partial charge in [0.05, 0.1) is 4.90 Å². The molecule has 4 N–H and O–H groups in total. The van der Waals surface area contributed by atoms with Crippen LogP contribution in [0.15, 0.2) is 34.2 Å². The molecule has 0 unspecified atom stereocenters. The van der Waals surface area contributed by atoms with Gasteiger partial charge < -0.3 is 20.1 Å². The van der Waals surface area contributed by atoms with E-state index in [1.165, 1.54) is 12.1 Å². The zero-order chi connectivity index (χ0) is 19.5. The lowest BCUT2D eigenvalue weighted by molar-refractivity contribution is 0.0203. The first kappa shape index (κ1) is 25.1. The fraction of sp³-hybridized carbons (Fsp3) is 0.611. The number of hydrogen-bond acceptors (Lipinski definition) is 5. The van der Waals surface area contributed by atoms with Crippen LogP contribution in [0.5, 0.6) is 0 Å². The number of primary sulfonamides is 1. The van der Waals surface area contributed by atoms with Crippen LogP contribution in [-0.4, -0.2) is 54.4 Å². The van der Waals surface area contributed by atoms with Crippen molar-refractivity contribution in [3.63, 3.8) is 0 Å². The highest BCUT2D eigenvalue weighted by Gasteiger charge is 2.13. The molecule has 0 bridgehead atoms. The van der Waals surface area contributed by atoms with Crippen molar-refractivity contribution in [3.05, 3.63) is 29.8 Å². The molecule has 0 spiro atoms. The Morgan fingerprint density at radius 2 is 1.93 bits per heavy atom. The average Bonchev–Trinajstić information content (AvgIpc) is 2.67. The van der Waals surface area contributed by atoms with E-state index >= 15 is 0 Å². The molecule has 10 heteroatoms. The van der Waals surface area contributed by atoms with Crippen LogP contribution < -0.4 is 15.8 Å². The molecule has 0 amide bonds.